The van der Waals surface area contributed by atoms with E-state index < -0.39 is 67.3 Å². The summed E-state index contributed by atoms with van der Waals surface area (Å²) in [4.78, 5) is 51.0. The van der Waals surface area contributed by atoms with Crippen molar-refractivity contribution in [2.24, 2.45) is 0 Å². The lowest BCUT2D eigenvalue weighted by atomic mass is 9.98. The van der Waals surface area contributed by atoms with Crippen LogP contribution < -0.4 is 0 Å². The maximum absolute atomic E-state index is 13.1. The molecule has 0 aromatic heterocycles. The summed E-state index contributed by atoms with van der Waals surface area (Å²) in [6.07, 6.45) is 44.8. The normalized spacial score (nSPS) is 18.9. The van der Waals surface area contributed by atoms with Crippen LogP contribution in [0.4, 0.5) is 0 Å². The highest BCUT2D eigenvalue weighted by molar-refractivity contribution is 5.74. The maximum atomic E-state index is 13.1. The zero-order valence-corrected chi connectivity index (χ0v) is 44.7. The van der Waals surface area contributed by atoms with Crippen LogP contribution in [0.3, 0.4) is 0 Å². The number of rotatable bonds is 47. The molecule has 6 unspecified atom stereocenters. The lowest BCUT2D eigenvalue weighted by Crippen LogP contribution is -2.61. The van der Waals surface area contributed by atoms with E-state index in [9.17, 15) is 34.5 Å². The average Bonchev–Trinajstić information content (AvgIpc) is 3.35. The van der Waals surface area contributed by atoms with E-state index >= 15 is 0 Å². The predicted octanol–water partition coefficient (Wildman–Crippen LogP) is 14.0. The standard InChI is InChI=1S/C59H100O12/c1-4-7-10-13-16-19-22-25-26-29-32-35-38-41-44-47-53(62)70-57-55(64)54(63)56(58(65)66)71-59(57)68-49-50(69-52(61)46-43-40-37-34-31-28-24-21-18-15-12-9-6-3)48-67-51(60)45-42-39-36-33-30-27-23-20-17-14-11-8-5-2/h7,10,16,19-21,23-26,50,54-57,59,63-64H,4-6,8-9,11-15,17-18,22,27-49H2,1-3H3,(H,65,66)/b10-7-,19-16-,23-20-,24-21-,26-25-. The van der Waals surface area contributed by atoms with Crippen LogP contribution in [-0.4, -0.2) is 89.2 Å². The molecule has 1 aliphatic heterocycles. The first-order valence-electron chi connectivity index (χ1n) is 28.3. The number of carboxylic acid groups (broad SMARTS) is 1. The summed E-state index contributed by atoms with van der Waals surface area (Å²) in [5, 5.41) is 31.4. The van der Waals surface area contributed by atoms with Gasteiger partial charge in [0.1, 0.15) is 18.8 Å². The second-order valence-electron chi connectivity index (χ2n) is 19.2. The van der Waals surface area contributed by atoms with Gasteiger partial charge in [-0.15, -0.1) is 0 Å². The third-order valence-electron chi connectivity index (χ3n) is 12.5. The molecule has 0 bridgehead atoms. The Kier molecular flexibility index (Phi) is 43.7. The summed E-state index contributed by atoms with van der Waals surface area (Å²) < 4.78 is 28.3. The van der Waals surface area contributed by atoms with Crippen molar-refractivity contribution in [2.75, 3.05) is 13.2 Å². The van der Waals surface area contributed by atoms with E-state index in [2.05, 4.69) is 81.5 Å². The van der Waals surface area contributed by atoms with Crippen LogP contribution in [0.1, 0.15) is 239 Å². The van der Waals surface area contributed by atoms with Crippen molar-refractivity contribution in [2.45, 2.75) is 276 Å². The van der Waals surface area contributed by atoms with Gasteiger partial charge in [-0.2, -0.15) is 0 Å². The largest absolute Gasteiger partial charge is 0.479 e. The molecule has 408 valence electrons. The number of hydrogen-bond acceptors (Lipinski definition) is 11. The molecule has 1 saturated heterocycles. The molecule has 1 fully saturated rings. The summed E-state index contributed by atoms with van der Waals surface area (Å²) in [7, 11) is 0. The second-order valence-corrected chi connectivity index (χ2v) is 19.2. The highest BCUT2D eigenvalue weighted by atomic mass is 16.7. The van der Waals surface area contributed by atoms with Gasteiger partial charge in [-0.25, -0.2) is 4.79 Å². The summed E-state index contributed by atoms with van der Waals surface area (Å²) in [6.45, 7) is 5.82. The van der Waals surface area contributed by atoms with Crippen molar-refractivity contribution in [1.29, 1.82) is 0 Å². The predicted molar refractivity (Wildman–Crippen MR) is 285 cm³/mol. The van der Waals surface area contributed by atoms with E-state index in [1.807, 2.05) is 0 Å². The Morgan fingerprint density at radius 3 is 1.37 bits per heavy atom. The Balaban J connectivity index is 2.73. The number of esters is 3. The molecule has 0 aliphatic carbocycles. The Bertz CT molecular complexity index is 1470. The first kappa shape index (κ1) is 65.4. The van der Waals surface area contributed by atoms with E-state index in [0.29, 0.717) is 19.3 Å². The van der Waals surface area contributed by atoms with Crippen LogP contribution in [0.15, 0.2) is 60.8 Å². The topological polar surface area (TPSA) is 175 Å². The fraction of sp³-hybridized carbons (Fsp3) is 0.763. The zero-order chi connectivity index (χ0) is 51.8. The van der Waals surface area contributed by atoms with Crippen LogP contribution in [0, 0.1) is 0 Å². The number of aliphatic carboxylic acids is 1. The minimum atomic E-state index is -1.91. The second kappa shape index (κ2) is 47.4. The van der Waals surface area contributed by atoms with Crippen molar-refractivity contribution < 1.29 is 58.2 Å². The maximum Gasteiger partial charge on any atom is 0.335 e. The monoisotopic (exact) mass is 1000 g/mol. The number of aliphatic hydroxyl groups is 2. The van der Waals surface area contributed by atoms with E-state index in [4.69, 9.17) is 23.7 Å². The molecule has 0 radical (unpaired) electrons. The molecule has 3 N–H and O–H groups in total. The van der Waals surface area contributed by atoms with Crippen molar-refractivity contribution >= 4 is 23.9 Å². The Morgan fingerprint density at radius 1 is 0.479 bits per heavy atom. The Labute approximate surface area is 430 Å². The molecule has 1 aliphatic rings. The first-order valence-corrected chi connectivity index (χ1v) is 28.3. The van der Waals surface area contributed by atoms with E-state index in [0.717, 1.165) is 128 Å². The molecule has 1 rings (SSSR count). The van der Waals surface area contributed by atoms with Crippen LogP contribution in [0.25, 0.3) is 0 Å². The molecule has 0 aromatic carbocycles. The SMILES string of the molecule is CC/C=C\C/C=C\C/C=C\CCCCCCCC(=O)OC1C(OCC(COC(=O)CCCCCCC/C=C\CCCCCC)OC(=O)CCCCCCC/C=C\CCCCCC)OC(C(=O)O)C(O)C1O. The molecule has 12 nitrogen and oxygen atoms in total. The molecule has 12 heteroatoms. The molecule has 0 amide bonds. The lowest BCUT2D eigenvalue weighted by Gasteiger charge is -2.40. The number of carboxylic acids is 1. The summed E-state index contributed by atoms with van der Waals surface area (Å²) in [6, 6.07) is 0. The van der Waals surface area contributed by atoms with Gasteiger partial charge in [0.25, 0.3) is 0 Å². The molecule has 6 atom stereocenters. The molecular weight excluding hydrogens is 901 g/mol. The van der Waals surface area contributed by atoms with Gasteiger partial charge < -0.3 is 39.0 Å². The number of hydrogen-bond donors (Lipinski definition) is 3. The van der Waals surface area contributed by atoms with Gasteiger partial charge in [0.2, 0.25) is 0 Å². The fourth-order valence-corrected chi connectivity index (χ4v) is 8.19. The minimum absolute atomic E-state index is 0.0388. The van der Waals surface area contributed by atoms with Gasteiger partial charge in [0.15, 0.2) is 24.6 Å². The Morgan fingerprint density at radius 2 is 0.887 bits per heavy atom. The van der Waals surface area contributed by atoms with E-state index in [1.54, 1.807) is 0 Å². The number of unbranched alkanes of at least 4 members (excludes halogenated alkanes) is 23. The van der Waals surface area contributed by atoms with Gasteiger partial charge in [-0.1, -0.05) is 178 Å². The first-order chi connectivity index (χ1) is 34.6. The third-order valence-corrected chi connectivity index (χ3v) is 12.5. The number of carbonyl (C=O) groups is 4. The zero-order valence-electron chi connectivity index (χ0n) is 44.7. The number of ether oxygens (including phenoxy) is 5. The molecule has 1 heterocycles. The number of aliphatic hydroxyl groups excluding tert-OH is 2. The number of allylic oxidation sites excluding steroid dienone is 10. The van der Waals surface area contributed by atoms with Crippen molar-refractivity contribution in [3.05, 3.63) is 60.8 Å². The van der Waals surface area contributed by atoms with Gasteiger partial charge in [-0.3, -0.25) is 14.4 Å². The van der Waals surface area contributed by atoms with Crippen LogP contribution in [-0.2, 0) is 42.9 Å². The van der Waals surface area contributed by atoms with Gasteiger partial charge >= 0.3 is 23.9 Å². The fourth-order valence-electron chi connectivity index (χ4n) is 8.19. The molecule has 0 aromatic rings. The molecule has 0 spiro atoms. The molecular formula is C59H100O12. The third kappa shape index (κ3) is 37.8. The van der Waals surface area contributed by atoms with Crippen molar-refractivity contribution in [1.82, 2.24) is 0 Å². The van der Waals surface area contributed by atoms with Crippen LogP contribution in [0.5, 0.6) is 0 Å². The molecule has 71 heavy (non-hydrogen) atoms. The average molecular weight is 1000 g/mol. The molecule has 0 saturated carbocycles. The quantitative estimate of drug-likeness (QED) is 0.0228. The number of carbonyl (C=O) groups excluding carboxylic acids is 3. The summed E-state index contributed by atoms with van der Waals surface area (Å²) >= 11 is 0. The van der Waals surface area contributed by atoms with Gasteiger partial charge in [-0.05, 0) is 103 Å². The highest BCUT2D eigenvalue weighted by Crippen LogP contribution is 2.26. The van der Waals surface area contributed by atoms with Crippen LogP contribution >= 0.6 is 0 Å². The highest BCUT2D eigenvalue weighted by Gasteiger charge is 2.50. The van der Waals surface area contributed by atoms with Gasteiger partial charge in [0, 0.05) is 19.3 Å². The Hall–Kier alpha value is -3.58. The van der Waals surface area contributed by atoms with Crippen molar-refractivity contribution in [3.8, 4) is 0 Å². The smallest absolute Gasteiger partial charge is 0.335 e. The minimum Gasteiger partial charge on any atom is -0.479 e. The summed E-state index contributed by atoms with van der Waals surface area (Å²) in [5.41, 5.74) is 0. The van der Waals surface area contributed by atoms with E-state index in [-0.39, 0.29) is 25.9 Å². The van der Waals surface area contributed by atoms with Crippen LogP contribution in [0.2, 0.25) is 0 Å². The lowest BCUT2D eigenvalue weighted by molar-refractivity contribution is -0.301. The van der Waals surface area contributed by atoms with Gasteiger partial charge in [0.05, 0.1) is 6.61 Å². The van der Waals surface area contributed by atoms with E-state index in [1.165, 1.54) is 51.4 Å². The summed E-state index contributed by atoms with van der Waals surface area (Å²) in [5.74, 6) is -3.16. The van der Waals surface area contributed by atoms with Crippen molar-refractivity contribution in [3.63, 3.8) is 0 Å².